The largest absolute Gasteiger partial charge is 0.481 e. The molecule has 2 aromatic rings. The molecule has 1 fully saturated rings. The first kappa shape index (κ1) is 15.8. The summed E-state index contributed by atoms with van der Waals surface area (Å²) in [6, 6.07) is 8.90. The normalized spacial score (nSPS) is 20.7. The maximum Gasteiger partial charge on any atom is 0.248 e. The number of carbonyl (C=O) groups is 2. The SMILES string of the molecule is NC(=O)c1ccc2c(c1)OC(C(=O)C1(c3ccncc3)CC1)CNC2. The van der Waals surface area contributed by atoms with Crippen molar-refractivity contribution in [1.29, 1.82) is 0 Å². The fourth-order valence-corrected chi connectivity index (χ4v) is 3.42. The zero-order valence-electron chi connectivity index (χ0n) is 13.7. The molecule has 1 amide bonds. The van der Waals surface area contributed by atoms with Gasteiger partial charge in [-0.3, -0.25) is 14.6 Å². The molecule has 1 aromatic heterocycles. The molecular formula is C19H19N3O3. The van der Waals surface area contributed by atoms with Gasteiger partial charge in [0.25, 0.3) is 0 Å². The van der Waals surface area contributed by atoms with Crippen LogP contribution >= 0.6 is 0 Å². The molecule has 1 atom stereocenters. The molecule has 128 valence electrons. The molecule has 0 spiro atoms. The summed E-state index contributed by atoms with van der Waals surface area (Å²) in [5, 5.41) is 3.26. The number of ketones is 1. The summed E-state index contributed by atoms with van der Waals surface area (Å²) in [6.45, 7) is 1.02. The minimum atomic E-state index is -0.597. The van der Waals surface area contributed by atoms with E-state index >= 15 is 0 Å². The van der Waals surface area contributed by atoms with E-state index in [9.17, 15) is 9.59 Å². The Labute approximate surface area is 145 Å². The molecule has 1 saturated carbocycles. The molecule has 25 heavy (non-hydrogen) atoms. The van der Waals surface area contributed by atoms with Gasteiger partial charge in [-0.05, 0) is 42.7 Å². The van der Waals surface area contributed by atoms with Crippen LogP contribution < -0.4 is 15.8 Å². The third-order valence-corrected chi connectivity index (χ3v) is 5.01. The minimum Gasteiger partial charge on any atom is -0.481 e. The average Bonchev–Trinajstić information content (AvgIpc) is 3.45. The third kappa shape index (κ3) is 2.78. The Morgan fingerprint density at radius 2 is 1.96 bits per heavy atom. The van der Waals surface area contributed by atoms with Crippen LogP contribution in [0.1, 0.15) is 34.3 Å². The molecule has 1 aliphatic heterocycles. The lowest BCUT2D eigenvalue weighted by molar-refractivity contribution is -0.128. The van der Waals surface area contributed by atoms with Gasteiger partial charge < -0.3 is 15.8 Å². The number of hydrogen-bond donors (Lipinski definition) is 2. The lowest BCUT2D eigenvalue weighted by Crippen LogP contribution is -2.42. The molecular weight excluding hydrogens is 318 g/mol. The summed E-state index contributed by atoms with van der Waals surface area (Å²) in [5.41, 5.74) is 7.16. The minimum absolute atomic E-state index is 0.0727. The van der Waals surface area contributed by atoms with E-state index in [2.05, 4.69) is 10.3 Å². The van der Waals surface area contributed by atoms with E-state index in [1.54, 1.807) is 24.5 Å². The molecule has 0 saturated heterocycles. The van der Waals surface area contributed by atoms with Gasteiger partial charge in [0.2, 0.25) is 5.91 Å². The number of benzene rings is 1. The van der Waals surface area contributed by atoms with Gasteiger partial charge in [-0.2, -0.15) is 0 Å². The molecule has 0 bridgehead atoms. The highest BCUT2D eigenvalue weighted by Gasteiger charge is 2.53. The number of nitrogens with zero attached hydrogens (tertiary/aromatic N) is 1. The second-order valence-electron chi connectivity index (χ2n) is 6.61. The summed E-state index contributed by atoms with van der Waals surface area (Å²) < 4.78 is 6.02. The number of pyridine rings is 1. The van der Waals surface area contributed by atoms with Gasteiger partial charge in [-0.15, -0.1) is 0 Å². The number of carbonyl (C=O) groups excluding carboxylic acids is 2. The predicted octanol–water partition coefficient (Wildman–Crippen LogP) is 1.33. The molecule has 3 N–H and O–H groups in total. The van der Waals surface area contributed by atoms with E-state index in [-0.39, 0.29) is 5.78 Å². The van der Waals surface area contributed by atoms with Crippen molar-refractivity contribution in [3.05, 3.63) is 59.4 Å². The van der Waals surface area contributed by atoms with Crippen molar-refractivity contribution in [3.63, 3.8) is 0 Å². The average molecular weight is 337 g/mol. The molecule has 0 radical (unpaired) electrons. The monoisotopic (exact) mass is 337 g/mol. The van der Waals surface area contributed by atoms with E-state index in [1.807, 2.05) is 18.2 Å². The second kappa shape index (κ2) is 5.97. The summed E-state index contributed by atoms with van der Waals surface area (Å²) in [4.78, 5) is 28.6. The van der Waals surface area contributed by atoms with Crippen molar-refractivity contribution in [2.75, 3.05) is 6.54 Å². The highest BCUT2D eigenvalue weighted by molar-refractivity contribution is 5.97. The Hall–Kier alpha value is -2.73. The van der Waals surface area contributed by atoms with Gasteiger partial charge in [0.05, 0.1) is 5.41 Å². The second-order valence-corrected chi connectivity index (χ2v) is 6.61. The number of nitrogens with two attached hydrogens (primary N) is 1. The number of aromatic nitrogens is 1. The fraction of sp³-hybridized carbons (Fsp3) is 0.316. The van der Waals surface area contributed by atoms with Crippen LogP contribution in [0.25, 0.3) is 0 Å². The fourth-order valence-electron chi connectivity index (χ4n) is 3.42. The van der Waals surface area contributed by atoms with Crippen molar-refractivity contribution in [2.24, 2.45) is 5.73 Å². The summed E-state index contributed by atoms with van der Waals surface area (Å²) in [6.07, 6.45) is 4.47. The Morgan fingerprint density at radius 3 is 2.64 bits per heavy atom. The van der Waals surface area contributed by atoms with E-state index in [0.717, 1.165) is 24.0 Å². The molecule has 2 aliphatic rings. The van der Waals surface area contributed by atoms with Crippen LogP contribution in [0.15, 0.2) is 42.7 Å². The summed E-state index contributed by atoms with van der Waals surface area (Å²) in [7, 11) is 0. The number of nitrogens with one attached hydrogen (secondary N) is 1. The van der Waals surface area contributed by atoms with Crippen molar-refractivity contribution >= 4 is 11.7 Å². The lowest BCUT2D eigenvalue weighted by Gasteiger charge is -2.22. The van der Waals surface area contributed by atoms with Crippen molar-refractivity contribution in [1.82, 2.24) is 10.3 Å². The number of primary amides is 1. The van der Waals surface area contributed by atoms with Gasteiger partial charge in [0.15, 0.2) is 11.9 Å². The highest BCUT2D eigenvalue weighted by Crippen LogP contribution is 2.49. The zero-order chi connectivity index (χ0) is 17.4. The number of hydrogen-bond acceptors (Lipinski definition) is 5. The third-order valence-electron chi connectivity index (χ3n) is 5.01. The van der Waals surface area contributed by atoms with Gasteiger partial charge >= 0.3 is 0 Å². The van der Waals surface area contributed by atoms with Crippen molar-refractivity contribution < 1.29 is 14.3 Å². The maximum absolute atomic E-state index is 13.2. The number of Topliss-reactive ketones (excluding diaryl/α,β-unsaturated/α-hetero) is 1. The van der Waals surface area contributed by atoms with E-state index in [1.165, 1.54) is 0 Å². The molecule has 1 aromatic carbocycles. The summed E-state index contributed by atoms with van der Waals surface area (Å²) >= 11 is 0. The number of fused-ring (bicyclic) bond motifs is 1. The lowest BCUT2D eigenvalue weighted by atomic mass is 9.89. The molecule has 4 rings (SSSR count). The van der Waals surface area contributed by atoms with Gasteiger partial charge in [-0.25, -0.2) is 0 Å². The van der Waals surface area contributed by atoms with Crippen LogP contribution in [0.2, 0.25) is 0 Å². The van der Waals surface area contributed by atoms with Crippen LogP contribution in [0, 0.1) is 0 Å². The molecule has 2 heterocycles. The predicted molar refractivity (Wildman–Crippen MR) is 91.2 cm³/mol. The Bertz CT molecular complexity index is 831. The van der Waals surface area contributed by atoms with Gasteiger partial charge in [-0.1, -0.05) is 6.07 Å². The quantitative estimate of drug-likeness (QED) is 0.878. The van der Waals surface area contributed by atoms with Crippen LogP contribution in [0.3, 0.4) is 0 Å². The molecule has 1 aliphatic carbocycles. The molecule has 1 unspecified atom stereocenters. The summed E-state index contributed by atoms with van der Waals surface area (Å²) in [5.74, 6) is 0.107. The Balaban J connectivity index is 1.62. The zero-order valence-corrected chi connectivity index (χ0v) is 13.7. The van der Waals surface area contributed by atoms with E-state index in [0.29, 0.717) is 24.4 Å². The smallest absolute Gasteiger partial charge is 0.248 e. The number of amides is 1. The Morgan fingerprint density at radius 1 is 1.20 bits per heavy atom. The van der Waals surface area contributed by atoms with Gasteiger partial charge in [0.1, 0.15) is 5.75 Å². The van der Waals surface area contributed by atoms with Crippen LogP contribution in [-0.2, 0) is 16.8 Å². The van der Waals surface area contributed by atoms with Crippen LogP contribution in [-0.4, -0.2) is 29.3 Å². The topological polar surface area (TPSA) is 94.3 Å². The first-order chi connectivity index (χ1) is 12.1. The van der Waals surface area contributed by atoms with Crippen LogP contribution in [0.5, 0.6) is 5.75 Å². The maximum atomic E-state index is 13.2. The van der Waals surface area contributed by atoms with Crippen LogP contribution in [0.4, 0.5) is 0 Å². The Kier molecular flexibility index (Phi) is 3.77. The van der Waals surface area contributed by atoms with Crippen molar-refractivity contribution in [2.45, 2.75) is 30.9 Å². The van der Waals surface area contributed by atoms with E-state index in [4.69, 9.17) is 10.5 Å². The molecule has 6 nitrogen and oxygen atoms in total. The molecule has 6 heteroatoms. The van der Waals surface area contributed by atoms with E-state index < -0.39 is 17.4 Å². The number of ether oxygens (including phenoxy) is 1. The first-order valence-electron chi connectivity index (χ1n) is 8.35. The highest BCUT2D eigenvalue weighted by atomic mass is 16.5. The first-order valence-corrected chi connectivity index (χ1v) is 8.35. The van der Waals surface area contributed by atoms with Crippen molar-refractivity contribution in [3.8, 4) is 5.75 Å². The van der Waals surface area contributed by atoms with Gasteiger partial charge in [0, 0.05) is 36.6 Å². The standard InChI is InChI=1S/C19H19N3O3/c20-18(24)12-1-2-13-10-22-11-16(25-15(13)9-12)17(23)19(5-6-19)14-3-7-21-8-4-14/h1-4,7-9,16,22H,5-6,10-11H2,(H2,20,24). The number of rotatable bonds is 4.